The fourth-order valence-electron chi connectivity index (χ4n) is 3.19. The minimum Gasteiger partial charge on any atom is -0.385 e. The number of anilines is 2. The van der Waals surface area contributed by atoms with Crippen molar-refractivity contribution in [3.05, 3.63) is 42.7 Å². The third-order valence-corrected chi connectivity index (χ3v) is 6.48. The van der Waals surface area contributed by atoms with Gasteiger partial charge in [-0.2, -0.15) is 0 Å². The number of hydrogen-bond acceptors (Lipinski definition) is 8. The lowest BCUT2D eigenvalue weighted by atomic mass is 10.2. The van der Waals surface area contributed by atoms with E-state index in [4.69, 9.17) is 10.5 Å². The standard InChI is InChI=1S/C20H31N5O6S2/c1-13(2)12-25-17(21)16(18(26)23-20(25)28)24(10-5-11-31-3)19(27)15-7-6-14(32-15)8-9-22-33(4,29)30/h6-7,13,22H,5,8-12,21H2,1-4H3,(H,23,26,28). The molecule has 2 heterocycles. The summed E-state index contributed by atoms with van der Waals surface area (Å²) in [6, 6.07) is 3.36. The summed E-state index contributed by atoms with van der Waals surface area (Å²) in [6.07, 6.45) is 1.94. The number of rotatable bonds is 12. The van der Waals surface area contributed by atoms with Crippen LogP contribution in [0, 0.1) is 5.92 Å². The predicted octanol–water partition coefficient (Wildman–Crippen LogP) is 0.611. The molecule has 0 aliphatic carbocycles. The van der Waals surface area contributed by atoms with Crippen molar-refractivity contribution < 1.29 is 17.9 Å². The number of thiophene rings is 1. The van der Waals surface area contributed by atoms with Crippen molar-refractivity contribution >= 4 is 38.8 Å². The summed E-state index contributed by atoms with van der Waals surface area (Å²) in [5.41, 5.74) is 4.78. The van der Waals surface area contributed by atoms with Gasteiger partial charge in [0.2, 0.25) is 10.0 Å². The topological polar surface area (TPSA) is 157 Å². The Morgan fingerprint density at radius 3 is 2.64 bits per heavy atom. The first-order valence-electron chi connectivity index (χ1n) is 10.4. The lowest BCUT2D eigenvalue weighted by Crippen LogP contribution is -2.42. The summed E-state index contributed by atoms with van der Waals surface area (Å²) >= 11 is 1.20. The lowest BCUT2D eigenvalue weighted by Gasteiger charge is -2.24. The molecule has 0 bridgehead atoms. The molecular weight excluding hydrogens is 470 g/mol. The van der Waals surface area contributed by atoms with E-state index in [0.717, 1.165) is 11.1 Å². The molecule has 184 valence electrons. The smallest absolute Gasteiger partial charge is 0.330 e. The molecule has 33 heavy (non-hydrogen) atoms. The number of nitrogens with one attached hydrogen (secondary N) is 2. The molecule has 4 N–H and O–H groups in total. The molecule has 0 aliphatic rings. The molecule has 0 radical (unpaired) electrons. The molecule has 0 aromatic carbocycles. The second kappa shape index (κ2) is 11.6. The number of nitrogen functional groups attached to an aromatic ring is 1. The van der Waals surface area contributed by atoms with Gasteiger partial charge in [-0.3, -0.25) is 24.0 Å². The molecule has 0 unspecified atom stereocenters. The lowest BCUT2D eigenvalue weighted by molar-refractivity contribution is 0.0987. The van der Waals surface area contributed by atoms with E-state index in [2.05, 4.69) is 9.71 Å². The Bertz CT molecular complexity index is 1180. The maximum absolute atomic E-state index is 13.4. The predicted molar refractivity (Wildman–Crippen MR) is 130 cm³/mol. The van der Waals surface area contributed by atoms with Crippen molar-refractivity contribution in [1.82, 2.24) is 14.3 Å². The largest absolute Gasteiger partial charge is 0.385 e. The number of hydrogen-bond donors (Lipinski definition) is 3. The van der Waals surface area contributed by atoms with Crippen LogP contribution in [0.3, 0.4) is 0 Å². The number of ether oxygens (including phenoxy) is 1. The molecule has 0 fully saturated rings. The Balaban J connectivity index is 2.40. The van der Waals surface area contributed by atoms with Gasteiger partial charge in [-0.15, -0.1) is 11.3 Å². The van der Waals surface area contributed by atoms with Gasteiger partial charge >= 0.3 is 5.69 Å². The van der Waals surface area contributed by atoms with Crippen molar-refractivity contribution in [3.63, 3.8) is 0 Å². The zero-order valence-corrected chi connectivity index (χ0v) is 20.8. The van der Waals surface area contributed by atoms with Crippen molar-refractivity contribution in [3.8, 4) is 0 Å². The first-order valence-corrected chi connectivity index (χ1v) is 13.1. The van der Waals surface area contributed by atoms with Crippen molar-refractivity contribution in [2.24, 2.45) is 5.92 Å². The first-order chi connectivity index (χ1) is 15.4. The molecule has 1 amide bonds. The molecule has 13 heteroatoms. The zero-order valence-electron chi connectivity index (χ0n) is 19.2. The normalized spacial score (nSPS) is 11.8. The monoisotopic (exact) mass is 501 g/mol. The molecule has 0 saturated carbocycles. The van der Waals surface area contributed by atoms with E-state index in [1.54, 1.807) is 12.1 Å². The number of sulfonamides is 1. The van der Waals surface area contributed by atoms with E-state index in [-0.39, 0.29) is 37.1 Å². The highest BCUT2D eigenvalue weighted by Gasteiger charge is 2.26. The summed E-state index contributed by atoms with van der Waals surface area (Å²) in [5.74, 6) is -0.426. The SMILES string of the molecule is COCCCN(C(=O)c1ccc(CCNS(C)(=O)=O)s1)c1c(N)n(CC(C)C)c(=O)[nH]c1=O. The number of H-pyrrole nitrogens is 1. The third-order valence-electron chi connectivity index (χ3n) is 4.62. The Morgan fingerprint density at radius 2 is 2.03 bits per heavy atom. The third kappa shape index (κ3) is 7.52. The number of methoxy groups -OCH3 is 1. The van der Waals surface area contributed by atoms with Gasteiger partial charge in [0, 0.05) is 38.2 Å². The second-order valence-corrected chi connectivity index (χ2v) is 11.0. The van der Waals surface area contributed by atoms with E-state index in [9.17, 15) is 22.8 Å². The van der Waals surface area contributed by atoms with Crippen LogP contribution >= 0.6 is 11.3 Å². The average Bonchev–Trinajstić information content (AvgIpc) is 3.17. The fourth-order valence-corrected chi connectivity index (χ4v) is 4.62. The van der Waals surface area contributed by atoms with Crippen molar-refractivity contribution in [1.29, 1.82) is 0 Å². The maximum atomic E-state index is 13.4. The van der Waals surface area contributed by atoms with Gasteiger partial charge in [0.25, 0.3) is 11.5 Å². The number of carbonyl (C=O) groups is 1. The van der Waals surface area contributed by atoms with E-state index < -0.39 is 27.2 Å². The van der Waals surface area contributed by atoms with Gasteiger partial charge in [0.1, 0.15) is 5.82 Å². The minimum atomic E-state index is -3.30. The first kappa shape index (κ1) is 26.8. The highest BCUT2D eigenvalue weighted by atomic mass is 32.2. The summed E-state index contributed by atoms with van der Waals surface area (Å²) in [5, 5.41) is 0. The number of nitrogens with zero attached hydrogens (tertiary/aromatic N) is 2. The number of aromatic nitrogens is 2. The van der Waals surface area contributed by atoms with Crippen LogP contribution in [0.15, 0.2) is 21.7 Å². The van der Waals surface area contributed by atoms with Crippen LogP contribution < -0.4 is 26.6 Å². The molecule has 0 spiro atoms. The van der Waals surface area contributed by atoms with Crippen LogP contribution in [-0.4, -0.2) is 56.9 Å². The van der Waals surface area contributed by atoms with E-state index in [1.165, 1.54) is 27.9 Å². The van der Waals surface area contributed by atoms with Gasteiger partial charge in [-0.05, 0) is 30.9 Å². The molecule has 11 nitrogen and oxygen atoms in total. The fraction of sp³-hybridized carbons (Fsp3) is 0.550. The number of aromatic amines is 1. The van der Waals surface area contributed by atoms with Crippen LogP contribution in [0.25, 0.3) is 0 Å². The van der Waals surface area contributed by atoms with Crippen molar-refractivity contribution in [2.75, 3.05) is 43.7 Å². The Kier molecular flexibility index (Phi) is 9.40. The van der Waals surface area contributed by atoms with Gasteiger partial charge in [0.05, 0.1) is 11.1 Å². The van der Waals surface area contributed by atoms with Gasteiger partial charge < -0.3 is 10.5 Å². The van der Waals surface area contributed by atoms with Crippen molar-refractivity contribution in [2.45, 2.75) is 33.2 Å². The van der Waals surface area contributed by atoms with Crippen LogP contribution in [0.5, 0.6) is 0 Å². The quantitative estimate of drug-likeness (QED) is 0.360. The van der Waals surface area contributed by atoms with Gasteiger partial charge in [-0.25, -0.2) is 17.9 Å². The summed E-state index contributed by atoms with van der Waals surface area (Å²) < 4.78 is 31.2. The maximum Gasteiger partial charge on any atom is 0.330 e. The number of carbonyl (C=O) groups excluding carboxylic acids is 1. The molecule has 0 saturated heterocycles. The zero-order chi connectivity index (χ0) is 24.8. The molecule has 2 aromatic rings. The Labute approximate surface area is 196 Å². The number of nitrogens with two attached hydrogens (primary N) is 1. The summed E-state index contributed by atoms with van der Waals surface area (Å²) in [7, 11) is -1.77. The summed E-state index contributed by atoms with van der Waals surface area (Å²) in [6.45, 7) is 4.82. The van der Waals surface area contributed by atoms with Crippen LogP contribution in [0.1, 0.15) is 34.8 Å². The van der Waals surface area contributed by atoms with Gasteiger partial charge in [-0.1, -0.05) is 13.8 Å². The van der Waals surface area contributed by atoms with Crippen LogP contribution in [0.4, 0.5) is 11.5 Å². The molecule has 2 aromatic heterocycles. The molecule has 2 rings (SSSR count). The Morgan fingerprint density at radius 1 is 1.33 bits per heavy atom. The van der Waals surface area contributed by atoms with Gasteiger partial charge in [0.15, 0.2) is 5.69 Å². The molecule has 0 aliphatic heterocycles. The van der Waals surface area contributed by atoms with Crippen LogP contribution in [-0.2, 0) is 27.7 Å². The Hall–Kier alpha value is -2.48. The van der Waals surface area contributed by atoms with E-state index in [0.29, 0.717) is 24.3 Å². The molecular formula is C20H31N5O6S2. The van der Waals surface area contributed by atoms with E-state index >= 15 is 0 Å². The highest BCUT2D eigenvalue weighted by molar-refractivity contribution is 7.88. The van der Waals surface area contributed by atoms with Crippen LogP contribution in [0.2, 0.25) is 0 Å². The average molecular weight is 502 g/mol. The second-order valence-electron chi connectivity index (χ2n) is 7.98. The van der Waals surface area contributed by atoms with E-state index in [1.807, 2.05) is 13.8 Å². The highest BCUT2D eigenvalue weighted by Crippen LogP contribution is 2.24. The minimum absolute atomic E-state index is 0.0719. The summed E-state index contributed by atoms with van der Waals surface area (Å²) in [4.78, 5) is 43.1. The molecule has 0 atom stereocenters. The number of amides is 1.